The maximum atomic E-state index is 12.0. The number of nitrogens with two attached hydrogens (primary N) is 1. The Labute approximate surface area is 125 Å². The third-order valence-electron chi connectivity index (χ3n) is 3.32. The lowest BCUT2D eigenvalue weighted by Gasteiger charge is -2.28. The number of amides is 1. The molecule has 0 bridgehead atoms. The number of carboxylic acid groups (broad SMARTS) is 1. The number of nitrogens with one attached hydrogen (secondary N) is 1. The second-order valence-electron chi connectivity index (χ2n) is 6.28. The first kappa shape index (κ1) is 17.2. The Bertz CT molecular complexity index is 480. The topological polar surface area (TPSA) is 92.4 Å². The van der Waals surface area contributed by atoms with E-state index in [2.05, 4.69) is 5.32 Å². The molecule has 21 heavy (non-hydrogen) atoms. The first-order chi connectivity index (χ1) is 9.71. The maximum absolute atomic E-state index is 12.0. The molecule has 5 nitrogen and oxygen atoms in total. The molecular weight excluding hydrogens is 268 g/mol. The van der Waals surface area contributed by atoms with Crippen LogP contribution in [0.3, 0.4) is 0 Å². The van der Waals surface area contributed by atoms with Gasteiger partial charge < -0.3 is 16.2 Å². The fourth-order valence-corrected chi connectivity index (χ4v) is 2.00. The van der Waals surface area contributed by atoms with Gasteiger partial charge in [-0.05, 0) is 23.8 Å². The lowest BCUT2D eigenvalue weighted by molar-refractivity contribution is -0.145. The number of carbonyl (C=O) groups is 2. The van der Waals surface area contributed by atoms with E-state index in [1.54, 1.807) is 20.8 Å². The predicted octanol–water partition coefficient (Wildman–Crippen LogP) is 1.56. The zero-order chi connectivity index (χ0) is 16.0. The Kier molecular flexibility index (Phi) is 5.90. The van der Waals surface area contributed by atoms with E-state index >= 15 is 0 Å². The molecule has 2 atom stereocenters. The molecule has 116 valence electrons. The summed E-state index contributed by atoms with van der Waals surface area (Å²) in [6, 6.07) is 8.07. The molecule has 0 fully saturated rings. The van der Waals surface area contributed by atoms with E-state index in [1.165, 1.54) is 0 Å². The molecule has 5 heteroatoms. The molecule has 0 spiro atoms. The smallest absolute Gasteiger partial charge is 0.326 e. The highest BCUT2D eigenvalue weighted by Gasteiger charge is 2.33. The normalized spacial score (nSPS) is 14.3. The van der Waals surface area contributed by atoms with E-state index in [4.69, 9.17) is 5.73 Å². The number of aryl methyl sites for hydroxylation is 1. The Balaban J connectivity index is 2.56. The highest BCUT2D eigenvalue weighted by molar-refractivity contribution is 5.87. The summed E-state index contributed by atoms with van der Waals surface area (Å²) in [5.41, 5.74) is 6.39. The standard InChI is InChI=1S/C16H24N2O3/c1-16(2,3)13(15(20)21)18-14(19)12(17)10-9-11-7-5-4-6-8-11/h4-8,12-13H,9-10,17H2,1-3H3,(H,18,19)(H,20,21)/t12-,13-/m0/s1. The van der Waals surface area contributed by atoms with Crippen molar-refractivity contribution in [1.29, 1.82) is 0 Å². The van der Waals surface area contributed by atoms with Crippen LogP contribution in [-0.4, -0.2) is 29.1 Å². The molecule has 0 radical (unpaired) electrons. The number of rotatable bonds is 6. The summed E-state index contributed by atoms with van der Waals surface area (Å²) >= 11 is 0. The minimum Gasteiger partial charge on any atom is -0.480 e. The number of aliphatic carboxylic acids is 1. The Hall–Kier alpha value is -1.88. The third kappa shape index (κ3) is 5.55. The van der Waals surface area contributed by atoms with Crippen LogP contribution >= 0.6 is 0 Å². The van der Waals surface area contributed by atoms with Gasteiger partial charge in [0.15, 0.2) is 0 Å². The zero-order valence-corrected chi connectivity index (χ0v) is 12.8. The number of hydrogen-bond acceptors (Lipinski definition) is 3. The molecule has 0 saturated heterocycles. The van der Waals surface area contributed by atoms with Crippen molar-refractivity contribution in [3.63, 3.8) is 0 Å². The van der Waals surface area contributed by atoms with Gasteiger partial charge in [-0.1, -0.05) is 51.1 Å². The van der Waals surface area contributed by atoms with Gasteiger partial charge in [0.05, 0.1) is 6.04 Å². The van der Waals surface area contributed by atoms with Crippen molar-refractivity contribution in [2.45, 2.75) is 45.7 Å². The second kappa shape index (κ2) is 7.22. The van der Waals surface area contributed by atoms with Crippen LogP contribution in [0, 0.1) is 5.41 Å². The average molecular weight is 292 g/mol. The molecule has 0 unspecified atom stereocenters. The summed E-state index contributed by atoms with van der Waals surface area (Å²) in [6.45, 7) is 5.30. The number of hydrogen-bond donors (Lipinski definition) is 3. The van der Waals surface area contributed by atoms with Crippen LogP contribution in [0.25, 0.3) is 0 Å². The maximum Gasteiger partial charge on any atom is 0.326 e. The van der Waals surface area contributed by atoms with Crippen LogP contribution in [0.1, 0.15) is 32.8 Å². The van der Waals surface area contributed by atoms with E-state index in [0.29, 0.717) is 12.8 Å². The molecule has 1 aromatic carbocycles. The largest absolute Gasteiger partial charge is 0.480 e. The molecule has 4 N–H and O–H groups in total. The average Bonchev–Trinajstić information content (AvgIpc) is 2.41. The van der Waals surface area contributed by atoms with Crippen molar-refractivity contribution in [3.8, 4) is 0 Å². The van der Waals surface area contributed by atoms with Gasteiger partial charge in [0.2, 0.25) is 5.91 Å². The summed E-state index contributed by atoms with van der Waals surface area (Å²) in [5, 5.41) is 11.7. The summed E-state index contributed by atoms with van der Waals surface area (Å²) in [6.07, 6.45) is 1.16. The molecule has 0 saturated carbocycles. The van der Waals surface area contributed by atoms with Crippen LogP contribution in [0.2, 0.25) is 0 Å². The summed E-state index contributed by atoms with van der Waals surface area (Å²) < 4.78 is 0. The van der Waals surface area contributed by atoms with E-state index in [9.17, 15) is 14.7 Å². The van der Waals surface area contributed by atoms with Gasteiger partial charge in [0.25, 0.3) is 0 Å². The van der Waals surface area contributed by atoms with Gasteiger partial charge in [-0.3, -0.25) is 4.79 Å². The Morgan fingerprint density at radius 3 is 2.29 bits per heavy atom. The molecule has 0 aliphatic carbocycles. The van der Waals surface area contributed by atoms with Gasteiger partial charge in [-0.2, -0.15) is 0 Å². The first-order valence-corrected chi connectivity index (χ1v) is 7.04. The van der Waals surface area contributed by atoms with Crippen LogP contribution in [0.5, 0.6) is 0 Å². The molecular formula is C16H24N2O3. The van der Waals surface area contributed by atoms with Crippen molar-refractivity contribution in [1.82, 2.24) is 5.32 Å². The van der Waals surface area contributed by atoms with E-state index in [0.717, 1.165) is 5.56 Å². The molecule has 0 heterocycles. The van der Waals surface area contributed by atoms with Gasteiger partial charge in [0.1, 0.15) is 6.04 Å². The molecule has 0 aromatic heterocycles. The molecule has 1 amide bonds. The Morgan fingerprint density at radius 2 is 1.81 bits per heavy atom. The molecule has 1 rings (SSSR count). The lowest BCUT2D eigenvalue weighted by Crippen LogP contribution is -2.53. The Morgan fingerprint density at radius 1 is 1.24 bits per heavy atom. The van der Waals surface area contributed by atoms with E-state index in [1.807, 2.05) is 30.3 Å². The SMILES string of the molecule is CC(C)(C)[C@@H](NC(=O)[C@@H](N)CCc1ccccc1)C(=O)O. The fourth-order valence-electron chi connectivity index (χ4n) is 2.00. The van der Waals surface area contributed by atoms with Crippen molar-refractivity contribution in [3.05, 3.63) is 35.9 Å². The predicted molar refractivity (Wildman–Crippen MR) is 81.8 cm³/mol. The summed E-state index contributed by atoms with van der Waals surface area (Å²) in [7, 11) is 0. The van der Waals surface area contributed by atoms with Crippen LogP contribution in [0.15, 0.2) is 30.3 Å². The summed E-state index contributed by atoms with van der Waals surface area (Å²) in [5.74, 6) is -1.47. The van der Waals surface area contributed by atoms with Gasteiger partial charge in [-0.15, -0.1) is 0 Å². The van der Waals surface area contributed by atoms with E-state index < -0.39 is 29.4 Å². The highest BCUT2D eigenvalue weighted by atomic mass is 16.4. The van der Waals surface area contributed by atoms with Crippen LogP contribution < -0.4 is 11.1 Å². The third-order valence-corrected chi connectivity index (χ3v) is 3.32. The van der Waals surface area contributed by atoms with Crippen molar-refractivity contribution >= 4 is 11.9 Å². The lowest BCUT2D eigenvalue weighted by atomic mass is 9.86. The van der Waals surface area contributed by atoms with Crippen molar-refractivity contribution in [2.75, 3.05) is 0 Å². The first-order valence-electron chi connectivity index (χ1n) is 7.04. The molecule has 0 aliphatic heterocycles. The van der Waals surface area contributed by atoms with Gasteiger partial charge in [-0.25, -0.2) is 4.79 Å². The molecule has 1 aromatic rings. The quantitative estimate of drug-likeness (QED) is 0.742. The van der Waals surface area contributed by atoms with Crippen LogP contribution in [-0.2, 0) is 16.0 Å². The van der Waals surface area contributed by atoms with Crippen molar-refractivity contribution < 1.29 is 14.7 Å². The highest BCUT2D eigenvalue weighted by Crippen LogP contribution is 2.19. The minimum atomic E-state index is -1.05. The monoisotopic (exact) mass is 292 g/mol. The summed E-state index contributed by atoms with van der Waals surface area (Å²) in [4.78, 5) is 23.3. The van der Waals surface area contributed by atoms with E-state index in [-0.39, 0.29) is 0 Å². The van der Waals surface area contributed by atoms with Gasteiger partial charge >= 0.3 is 5.97 Å². The second-order valence-corrected chi connectivity index (χ2v) is 6.28. The van der Waals surface area contributed by atoms with Crippen molar-refractivity contribution in [2.24, 2.45) is 11.1 Å². The molecule has 0 aliphatic rings. The van der Waals surface area contributed by atoms with Crippen LogP contribution in [0.4, 0.5) is 0 Å². The fraction of sp³-hybridized carbons (Fsp3) is 0.500. The minimum absolute atomic E-state index is 0.423. The number of carbonyl (C=O) groups excluding carboxylic acids is 1. The van der Waals surface area contributed by atoms with Gasteiger partial charge in [0, 0.05) is 0 Å². The number of benzene rings is 1. The zero-order valence-electron chi connectivity index (χ0n) is 12.8. The number of carboxylic acids is 1.